The van der Waals surface area contributed by atoms with Gasteiger partial charge in [-0.3, -0.25) is 4.79 Å². The molecule has 1 heterocycles. The maximum atomic E-state index is 12.0. The molecule has 0 saturated carbocycles. The maximum Gasteiger partial charge on any atom is 0.343 e. The normalized spacial score (nSPS) is 10.3. The standard InChI is InChI=1S/C17H19N3O3/c1-5-23-17(22)14-10-18-15(19-16(14)20(3)4)13-9-7-6-8-12(13)11(2)21/h6-10H,5H2,1-4H3. The molecule has 2 aromatic rings. The second-order valence-electron chi connectivity index (χ2n) is 5.15. The molecule has 0 saturated heterocycles. The molecule has 0 aliphatic heterocycles. The van der Waals surface area contributed by atoms with Gasteiger partial charge in [-0.25, -0.2) is 14.8 Å². The number of esters is 1. The summed E-state index contributed by atoms with van der Waals surface area (Å²) in [6.07, 6.45) is 1.44. The minimum Gasteiger partial charge on any atom is -0.462 e. The van der Waals surface area contributed by atoms with Crippen LogP contribution in [-0.4, -0.2) is 42.4 Å². The van der Waals surface area contributed by atoms with Crippen molar-refractivity contribution in [3.8, 4) is 11.4 Å². The summed E-state index contributed by atoms with van der Waals surface area (Å²) in [7, 11) is 3.57. The zero-order valence-electron chi connectivity index (χ0n) is 13.7. The number of ketones is 1. The molecule has 0 unspecified atom stereocenters. The van der Waals surface area contributed by atoms with Crippen molar-refractivity contribution in [2.24, 2.45) is 0 Å². The minimum absolute atomic E-state index is 0.0647. The van der Waals surface area contributed by atoms with Gasteiger partial charge in [0.15, 0.2) is 11.6 Å². The second kappa shape index (κ2) is 7.00. The van der Waals surface area contributed by atoms with Gasteiger partial charge in [0.2, 0.25) is 0 Å². The van der Waals surface area contributed by atoms with Crippen LogP contribution in [0.25, 0.3) is 11.4 Å². The number of nitrogens with zero attached hydrogens (tertiary/aromatic N) is 3. The highest BCUT2D eigenvalue weighted by molar-refractivity contribution is 6.00. The number of Topliss-reactive ketones (excluding diaryl/α,β-unsaturated/α-hetero) is 1. The lowest BCUT2D eigenvalue weighted by Crippen LogP contribution is -2.18. The van der Waals surface area contributed by atoms with E-state index in [-0.39, 0.29) is 12.4 Å². The van der Waals surface area contributed by atoms with Crippen molar-refractivity contribution in [2.45, 2.75) is 13.8 Å². The van der Waals surface area contributed by atoms with E-state index in [1.807, 2.05) is 6.07 Å². The predicted molar refractivity (Wildman–Crippen MR) is 87.8 cm³/mol. The van der Waals surface area contributed by atoms with Crippen molar-refractivity contribution in [1.29, 1.82) is 0 Å². The van der Waals surface area contributed by atoms with Crippen LogP contribution in [0.15, 0.2) is 30.5 Å². The van der Waals surface area contributed by atoms with Gasteiger partial charge in [0.05, 0.1) is 6.61 Å². The zero-order chi connectivity index (χ0) is 17.0. The fourth-order valence-corrected chi connectivity index (χ4v) is 2.18. The number of benzene rings is 1. The first-order valence-corrected chi connectivity index (χ1v) is 7.27. The van der Waals surface area contributed by atoms with Crippen molar-refractivity contribution in [3.05, 3.63) is 41.6 Å². The zero-order valence-corrected chi connectivity index (χ0v) is 13.7. The maximum absolute atomic E-state index is 12.0. The molecule has 0 radical (unpaired) electrons. The van der Waals surface area contributed by atoms with Crippen molar-refractivity contribution >= 4 is 17.6 Å². The smallest absolute Gasteiger partial charge is 0.343 e. The average Bonchev–Trinajstić information content (AvgIpc) is 2.54. The van der Waals surface area contributed by atoms with Gasteiger partial charge >= 0.3 is 5.97 Å². The van der Waals surface area contributed by atoms with Crippen molar-refractivity contribution in [3.63, 3.8) is 0 Å². The number of hydrogen-bond acceptors (Lipinski definition) is 6. The summed E-state index contributed by atoms with van der Waals surface area (Å²) in [4.78, 5) is 34.2. The van der Waals surface area contributed by atoms with Crippen molar-refractivity contribution in [1.82, 2.24) is 9.97 Å². The molecule has 0 atom stereocenters. The third-order valence-corrected chi connectivity index (χ3v) is 3.23. The molecule has 23 heavy (non-hydrogen) atoms. The topological polar surface area (TPSA) is 72.4 Å². The molecule has 0 bridgehead atoms. The summed E-state index contributed by atoms with van der Waals surface area (Å²) in [6, 6.07) is 7.13. The molecule has 0 amide bonds. The van der Waals surface area contributed by atoms with Crippen molar-refractivity contribution < 1.29 is 14.3 Å². The quantitative estimate of drug-likeness (QED) is 0.624. The molecule has 1 aromatic carbocycles. The van der Waals surface area contributed by atoms with E-state index in [0.29, 0.717) is 28.3 Å². The number of rotatable bonds is 5. The Balaban J connectivity index is 2.57. The van der Waals surface area contributed by atoms with Crippen LogP contribution in [-0.2, 0) is 4.74 Å². The van der Waals surface area contributed by atoms with Gasteiger partial charge in [-0.15, -0.1) is 0 Å². The molecule has 0 N–H and O–H groups in total. The van der Waals surface area contributed by atoms with Crippen molar-refractivity contribution in [2.75, 3.05) is 25.6 Å². The van der Waals surface area contributed by atoms with E-state index in [1.54, 1.807) is 44.1 Å². The molecule has 0 spiro atoms. The predicted octanol–water partition coefficient (Wildman–Crippen LogP) is 2.59. The van der Waals surface area contributed by atoms with E-state index in [9.17, 15) is 9.59 Å². The molecule has 2 rings (SSSR count). The highest BCUT2D eigenvalue weighted by Crippen LogP contribution is 2.24. The Kier molecular flexibility index (Phi) is 5.05. The first kappa shape index (κ1) is 16.6. The number of ether oxygens (including phenoxy) is 1. The summed E-state index contributed by atoms with van der Waals surface area (Å²) in [5.41, 5.74) is 1.47. The van der Waals surface area contributed by atoms with Gasteiger partial charge in [-0.05, 0) is 13.8 Å². The highest BCUT2D eigenvalue weighted by Gasteiger charge is 2.19. The third kappa shape index (κ3) is 3.53. The van der Waals surface area contributed by atoms with E-state index in [4.69, 9.17) is 4.74 Å². The van der Waals surface area contributed by atoms with Crippen LogP contribution in [0, 0.1) is 0 Å². The fourth-order valence-electron chi connectivity index (χ4n) is 2.18. The molecule has 6 nitrogen and oxygen atoms in total. The molecule has 120 valence electrons. The van der Waals surface area contributed by atoms with E-state index >= 15 is 0 Å². The van der Waals surface area contributed by atoms with Crippen LogP contribution in [0.3, 0.4) is 0 Å². The number of aromatic nitrogens is 2. The molecule has 0 fully saturated rings. The van der Waals surface area contributed by atoms with E-state index in [1.165, 1.54) is 13.1 Å². The Bertz CT molecular complexity index is 742. The second-order valence-corrected chi connectivity index (χ2v) is 5.15. The third-order valence-electron chi connectivity index (χ3n) is 3.23. The molecule has 1 aromatic heterocycles. The Morgan fingerprint density at radius 3 is 2.48 bits per heavy atom. The van der Waals surface area contributed by atoms with Crippen LogP contribution in [0.4, 0.5) is 5.82 Å². The van der Waals surface area contributed by atoms with Gasteiger partial charge in [0, 0.05) is 31.4 Å². The van der Waals surface area contributed by atoms with Crippen LogP contribution in [0.2, 0.25) is 0 Å². The van der Waals surface area contributed by atoms with E-state index < -0.39 is 5.97 Å². The Labute approximate surface area is 135 Å². The van der Waals surface area contributed by atoms with E-state index in [2.05, 4.69) is 9.97 Å². The van der Waals surface area contributed by atoms with Gasteiger partial charge in [0.1, 0.15) is 11.4 Å². The Morgan fingerprint density at radius 1 is 1.17 bits per heavy atom. The fraction of sp³-hybridized carbons (Fsp3) is 0.294. The summed E-state index contributed by atoms with van der Waals surface area (Å²) < 4.78 is 5.03. The van der Waals surface area contributed by atoms with Gasteiger partial charge in [-0.1, -0.05) is 24.3 Å². The lowest BCUT2D eigenvalue weighted by atomic mass is 10.0. The van der Waals surface area contributed by atoms with Crippen LogP contribution >= 0.6 is 0 Å². The number of carbonyl (C=O) groups is 2. The lowest BCUT2D eigenvalue weighted by Gasteiger charge is -2.16. The molecule has 0 aliphatic rings. The minimum atomic E-state index is -0.470. The summed E-state index contributed by atoms with van der Waals surface area (Å²) in [5.74, 6) is 0.312. The first-order chi connectivity index (χ1) is 11.0. The number of carbonyl (C=O) groups excluding carboxylic acids is 2. The van der Waals surface area contributed by atoms with Crippen LogP contribution in [0.1, 0.15) is 34.6 Å². The molecular formula is C17H19N3O3. The summed E-state index contributed by atoms with van der Waals surface area (Å²) in [5, 5.41) is 0. The highest BCUT2D eigenvalue weighted by atomic mass is 16.5. The lowest BCUT2D eigenvalue weighted by molar-refractivity contribution is 0.0526. The Hall–Kier alpha value is -2.76. The molecule has 0 aliphatic carbocycles. The van der Waals surface area contributed by atoms with Gasteiger partial charge < -0.3 is 9.64 Å². The molecule has 6 heteroatoms. The summed E-state index contributed by atoms with van der Waals surface area (Å²) >= 11 is 0. The van der Waals surface area contributed by atoms with Crippen LogP contribution < -0.4 is 4.90 Å². The van der Waals surface area contributed by atoms with Gasteiger partial charge in [-0.2, -0.15) is 0 Å². The monoisotopic (exact) mass is 313 g/mol. The number of hydrogen-bond donors (Lipinski definition) is 0. The van der Waals surface area contributed by atoms with Crippen LogP contribution in [0.5, 0.6) is 0 Å². The number of anilines is 1. The molecular weight excluding hydrogens is 294 g/mol. The SMILES string of the molecule is CCOC(=O)c1cnc(-c2ccccc2C(C)=O)nc1N(C)C. The van der Waals surface area contributed by atoms with E-state index in [0.717, 1.165) is 0 Å². The summed E-state index contributed by atoms with van der Waals surface area (Å²) in [6.45, 7) is 3.52. The first-order valence-electron chi connectivity index (χ1n) is 7.27. The Morgan fingerprint density at radius 2 is 1.87 bits per heavy atom. The average molecular weight is 313 g/mol. The van der Waals surface area contributed by atoms with Gasteiger partial charge in [0.25, 0.3) is 0 Å². The largest absolute Gasteiger partial charge is 0.462 e.